The van der Waals surface area contributed by atoms with E-state index < -0.39 is 5.54 Å². The van der Waals surface area contributed by atoms with Gasteiger partial charge in [-0.2, -0.15) is 0 Å². The lowest BCUT2D eigenvalue weighted by atomic mass is 9.93. The number of hydrogen-bond donors (Lipinski definition) is 1. The van der Waals surface area contributed by atoms with E-state index in [1.165, 1.54) is 34.9 Å². The highest BCUT2D eigenvalue weighted by molar-refractivity contribution is 5.79. The number of carbonyl (C=O) groups excluding carboxylic acids is 1. The predicted molar refractivity (Wildman–Crippen MR) is 78.3 cm³/mol. The summed E-state index contributed by atoms with van der Waals surface area (Å²) < 4.78 is 4.81. The minimum Gasteiger partial charge on any atom is -0.468 e. The number of ether oxygens (including phenoxy) is 1. The second-order valence-electron chi connectivity index (χ2n) is 5.71. The Labute approximate surface area is 116 Å². The Morgan fingerprint density at radius 2 is 1.63 bits per heavy atom. The molecule has 0 aliphatic rings. The third-order valence-electron chi connectivity index (χ3n) is 3.92. The molecule has 0 heterocycles. The van der Waals surface area contributed by atoms with Crippen LogP contribution in [-0.2, 0) is 16.1 Å². The van der Waals surface area contributed by atoms with E-state index in [0.717, 1.165) is 0 Å². The van der Waals surface area contributed by atoms with Gasteiger partial charge >= 0.3 is 5.97 Å². The van der Waals surface area contributed by atoms with E-state index in [9.17, 15) is 4.79 Å². The van der Waals surface area contributed by atoms with Gasteiger partial charge in [-0.1, -0.05) is 6.07 Å². The van der Waals surface area contributed by atoms with Crippen molar-refractivity contribution >= 4 is 5.97 Å². The number of benzene rings is 1. The summed E-state index contributed by atoms with van der Waals surface area (Å²) in [5.41, 5.74) is 5.75. The molecule has 3 nitrogen and oxygen atoms in total. The number of hydrogen-bond acceptors (Lipinski definition) is 3. The van der Waals surface area contributed by atoms with E-state index in [2.05, 4.69) is 39.1 Å². The summed E-state index contributed by atoms with van der Waals surface area (Å²) in [5, 5.41) is 3.29. The Hall–Kier alpha value is -1.35. The summed E-state index contributed by atoms with van der Waals surface area (Å²) in [4.78, 5) is 11.7. The zero-order valence-corrected chi connectivity index (χ0v) is 13.1. The van der Waals surface area contributed by atoms with Crippen LogP contribution in [0.4, 0.5) is 0 Å². The molecular weight excluding hydrogens is 238 g/mol. The average molecular weight is 263 g/mol. The molecule has 0 fully saturated rings. The van der Waals surface area contributed by atoms with Crippen molar-refractivity contribution < 1.29 is 9.53 Å². The first-order valence-electron chi connectivity index (χ1n) is 6.60. The number of methoxy groups -OCH3 is 1. The van der Waals surface area contributed by atoms with Crippen LogP contribution < -0.4 is 5.32 Å². The lowest BCUT2D eigenvalue weighted by Gasteiger charge is -2.25. The second-order valence-corrected chi connectivity index (χ2v) is 5.71. The number of rotatable bonds is 4. The highest BCUT2D eigenvalue weighted by Crippen LogP contribution is 2.22. The molecule has 0 saturated carbocycles. The predicted octanol–water partition coefficient (Wildman–Crippen LogP) is 2.96. The van der Waals surface area contributed by atoms with Crippen molar-refractivity contribution in [2.45, 2.75) is 53.6 Å². The SMILES string of the molecule is COC(=O)C(C)(C)NCc1c(C)c(C)cc(C)c1C. The molecule has 106 valence electrons. The zero-order valence-electron chi connectivity index (χ0n) is 13.1. The first kappa shape index (κ1) is 15.7. The summed E-state index contributed by atoms with van der Waals surface area (Å²) in [5.74, 6) is -0.243. The molecule has 1 aromatic carbocycles. The van der Waals surface area contributed by atoms with Crippen molar-refractivity contribution in [2.75, 3.05) is 7.11 Å². The summed E-state index contributed by atoms with van der Waals surface area (Å²) in [6.45, 7) is 12.8. The van der Waals surface area contributed by atoms with Gasteiger partial charge in [0.2, 0.25) is 0 Å². The Kier molecular flexibility index (Phi) is 4.75. The number of esters is 1. The maximum Gasteiger partial charge on any atom is 0.325 e. The van der Waals surface area contributed by atoms with Gasteiger partial charge in [0.1, 0.15) is 5.54 Å². The molecule has 1 aromatic rings. The molecule has 0 bridgehead atoms. The molecule has 0 radical (unpaired) electrons. The van der Waals surface area contributed by atoms with Crippen molar-refractivity contribution in [2.24, 2.45) is 0 Å². The second kappa shape index (κ2) is 5.74. The molecule has 0 spiro atoms. The molecule has 0 aliphatic carbocycles. The van der Waals surface area contributed by atoms with E-state index in [4.69, 9.17) is 4.74 Å². The van der Waals surface area contributed by atoms with Gasteiger partial charge in [0, 0.05) is 6.54 Å². The Balaban J connectivity index is 2.99. The van der Waals surface area contributed by atoms with Crippen molar-refractivity contribution in [3.05, 3.63) is 33.9 Å². The maximum absolute atomic E-state index is 11.7. The van der Waals surface area contributed by atoms with Gasteiger partial charge in [0.15, 0.2) is 0 Å². The van der Waals surface area contributed by atoms with Crippen LogP contribution in [-0.4, -0.2) is 18.6 Å². The average Bonchev–Trinajstić information content (AvgIpc) is 2.35. The fourth-order valence-electron chi connectivity index (χ4n) is 2.20. The van der Waals surface area contributed by atoms with Crippen molar-refractivity contribution in [3.63, 3.8) is 0 Å². The Bertz CT molecular complexity index is 464. The van der Waals surface area contributed by atoms with Crippen molar-refractivity contribution in [3.8, 4) is 0 Å². The topological polar surface area (TPSA) is 38.3 Å². The van der Waals surface area contributed by atoms with E-state index in [-0.39, 0.29) is 5.97 Å². The lowest BCUT2D eigenvalue weighted by molar-refractivity contribution is -0.147. The zero-order chi connectivity index (χ0) is 14.8. The maximum atomic E-state index is 11.7. The van der Waals surface area contributed by atoms with Gasteiger partial charge < -0.3 is 4.74 Å². The van der Waals surface area contributed by atoms with Gasteiger partial charge in [-0.05, 0) is 69.4 Å². The van der Waals surface area contributed by atoms with Gasteiger partial charge in [-0.3, -0.25) is 10.1 Å². The highest BCUT2D eigenvalue weighted by atomic mass is 16.5. The molecule has 0 aliphatic heterocycles. The molecule has 0 aromatic heterocycles. The van der Waals surface area contributed by atoms with Crippen molar-refractivity contribution in [1.82, 2.24) is 5.32 Å². The van der Waals surface area contributed by atoms with Gasteiger partial charge in [-0.15, -0.1) is 0 Å². The van der Waals surface area contributed by atoms with E-state index in [0.29, 0.717) is 6.54 Å². The molecule has 3 heteroatoms. The molecule has 0 saturated heterocycles. The third-order valence-corrected chi connectivity index (χ3v) is 3.92. The first-order valence-corrected chi connectivity index (χ1v) is 6.60. The molecule has 1 N–H and O–H groups in total. The third kappa shape index (κ3) is 3.35. The summed E-state index contributed by atoms with van der Waals surface area (Å²) >= 11 is 0. The first-order chi connectivity index (χ1) is 8.70. The van der Waals surface area contributed by atoms with Crippen LogP contribution >= 0.6 is 0 Å². The largest absolute Gasteiger partial charge is 0.468 e. The van der Waals surface area contributed by atoms with E-state index in [1.807, 2.05) is 13.8 Å². The fraction of sp³-hybridized carbons (Fsp3) is 0.562. The van der Waals surface area contributed by atoms with Crippen LogP contribution in [0.5, 0.6) is 0 Å². The van der Waals surface area contributed by atoms with Crippen LogP contribution in [0.15, 0.2) is 6.07 Å². The molecule has 19 heavy (non-hydrogen) atoms. The molecule has 1 rings (SSSR count). The number of carbonyl (C=O) groups is 1. The van der Waals surface area contributed by atoms with E-state index >= 15 is 0 Å². The molecular formula is C16H25NO2. The Morgan fingerprint density at radius 1 is 1.16 bits per heavy atom. The van der Waals surface area contributed by atoms with Gasteiger partial charge in [-0.25, -0.2) is 0 Å². The summed E-state index contributed by atoms with van der Waals surface area (Å²) in [6, 6.07) is 2.21. The Morgan fingerprint density at radius 3 is 2.05 bits per heavy atom. The minimum atomic E-state index is -0.675. The molecule has 0 amide bonds. The van der Waals surface area contributed by atoms with Crippen LogP contribution in [0.1, 0.15) is 41.7 Å². The van der Waals surface area contributed by atoms with Crippen LogP contribution in [0.25, 0.3) is 0 Å². The summed E-state index contributed by atoms with van der Waals surface area (Å²) in [6.07, 6.45) is 0. The van der Waals surface area contributed by atoms with Gasteiger partial charge in [0.05, 0.1) is 7.11 Å². The molecule has 0 unspecified atom stereocenters. The minimum absolute atomic E-state index is 0.243. The number of nitrogens with one attached hydrogen (secondary N) is 1. The number of aryl methyl sites for hydroxylation is 2. The molecule has 0 atom stereocenters. The normalized spacial score (nSPS) is 11.5. The van der Waals surface area contributed by atoms with Crippen molar-refractivity contribution in [1.29, 1.82) is 0 Å². The van der Waals surface area contributed by atoms with E-state index in [1.54, 1.807) is 0 Å². The lowest BCUT2D eigenvalue weighted by Crippen LogP contribution is -2.47. The van der Waals surface area contributed by atoms with Crippen LogP contribution in [0.3, 0.4) is 0 Å². The smallest absolute Gasteiger partial charge is 0.325 e. The fourth-order valence-corrected chi connectivity index (χ4v) is 2.20. The highest BCUT2D eigenvalue weighted by Gasteiger charge is 2.28. The van der Waals surface area contributed by atoms with Crippen LogP contribution in [0, 0.1) is 27.7 Å². The quantitative estimate of drug-likeness (QED) is 0.849. The standard InChI is InChI=1S/C16H25NO2/c1-10-8-11(2)13(4)14(12(10)3)9-17-16(5,6)15(18)19-7/h8,17H,9H2,1-7H3. The monoisotopic (exact) mass is 263 g/mol. The summed E-state index contributed by atoms with van der Waals surface area (Å²) in [7, 11) is 1.42. The van der Waals surface area contributed by atoms with Gasteiger partial charge in [0.25, 0.3) is 0 Å². The van der Waals surface area contributed by atoms with Crippen LogP contribution in [0.2, 0.25) is 0 Å².